The van der Waals surface area contributed by atoms with Crippen LogP contribution in [0.25, 0.3) is 21.9 Å². The van der Waals surface area contributed by atoms with Crippen LogP contribution in [-0.2, 0) is 0 Å². The molecule has 0 spiro atoms. The van der Waals surface area contributed by atoms with E-state index in [1.54, 1.807) is 0 Å². The molecule has 144 valence electrons. The second kappa shape index (κ2) is 8.14. The molecule has 0 unspecified atom stereocenters. The Morgan fingerprint density at radius 2 is 0.800 bits per heavy atom. The number of nitrogens with one attached hydrogen (secondary N) is 2. The second-order valence-electron chi connectivity index (χ2n) is 7.33. The van der Waals surface area contributed by atoms with E-state index in [1.807, 2.05) is 18.2 Å². The fraction of sp³-hybridized carbons (Fsp3) is 0. The van der Waals surface area contributed by atoms with Crippen LogP contribution in [0.2, 0.25) is 0 Å². The molecular weight excluding hydrogens is 364 g/mol. The van der Waals surface area contributed by atoms with Crippen LogP contribution in [0.4, 0.5) is 22.7 Å². The van der Waals surface area contributed by atoms with E-state index in [0.717, 1.165) is 22.7 Å². The van der Waals surface area contributed by atoms with Gasteiger partial charge in [-0.25, -0.2) is 0 Å². The molecule has 2 heteroatoms. The van der Waals surface area contributed by atoms with Crippen LogP contribution in [0.3, 0.4) is 0 Å². The summed E-state index contributed by atoms with van der Waals surface area (Å²) in [4.78, 5) is 0. The predicted molar refractivity (Wildman–Crippen MR) is 129 cm³/mol. The zero-order chi connectivity index (χ0) is 20.2. The van der Waals surface area contributed by atoms with Crippen molar-refractivity contribution in [1.29, 1.82) is 0 Å². The summed E-state index contributed by atoms with van der Waals surface area (Å²) >= 11 is 0. The van der Waals surface area contributed by atoms with Gasteiger partial charge in [0.05, 0.1) is 0 Å². The average Bonchev–Trinajstić information content (AvgIpc) is 2.81. The van der Waals surface area contributed by atoms with Gasteiger partial charge in [-0.05, 0) is 70.4 Å². The molecule has 0 atom stereocenters. The molecule has 0 aliphatic heterocycles. The molecule has 5 aromatic rings. The fourth-order valence-electron chi connectivity index (χ4n) is 3.61. The third-order valence-corrected chi connectivity index (χ3v) is 5.20. The number of benzene rings is 5. The molecule has 0 aliphatic rings. The number of para-hydroxylation sites is 1. The molecule has 0 saturated carbocycles. The molecule has 0 radical (unpaired) electrons. The third-order valence-electron chi connectivity index (χ3n) is 5.20. The molecule has 0 aromatic heterocycles. The minimum atomic E-state index is 1.08. The first-order valence-electron chi connectivity index (χ1n) is 10.1. The number of anilines is 4. The van der Waals surface area contributed by atoms with Crippen molar-refractivity contribution in [3.05, 3.63) is 121 Å². The molecule has 0 amide bonds. The SMILES string of the molecule is c1ccc(Nc2ccc(-c3ccc(Nc4ccc5ccccc5c4)cc3)cc2)cc1. The molecular formula is C28H22N2. The highest BCUT2D eigenvalue weighted by Crippen LogP contribution is 2.27. The van der Waals surface area contributed by atoms with E-state index in [9.17, 15) is 0 Å². The summed E-state index contributed by atoms with van der Waals surface area (Å²) in [5, 5.41) is 9.42. The van der Waals surface area contributed by atoms with Crippen molar-refractivity contribution in [1.82, 2.24) is 0 Å². The summed E-state index contributed by atoms with van der Waals surface area (Å²) in [6.45, 7) is 0. The molecule has 0 aliphatic carbocycles. The summed E-state index contributed by atoms with van der Waals surface area (Å²) in [6, 6.07) is 42.2. The average molecular weight is 386 g/mol. The Morgan fingerprint density at radius 1 is 0.333 bits per heavy atom. The first kappa shape index (κ1) is 18.0. The zero-order valence-electron chi connectivity index (χ0n) is 16.5. The van der Waals surface area contributed by atoms with E-state index in [4.69, 9.17) is 0 Å². The lowest BCUT2D eigenvalue weighted by atomic mass is 10.0. The van der Waals surface area contributed by atoms with Gasteiger partial charge in [0, 0.05) is 22.7 Å². The monoisotopic (exact) mass is 386 g/mol. The number of fused-ring (bicyclic) bond motifs is 1. The Bertz CT molecular complexity index is 1260. The van der Waals surface area contributed by atoms with E-state index in [1.165, 1.54) is 21.9 Å². The molecule has 30 heavy (non-hydrogen) atoms. The van der Waals surface area contributed by atoms with Gasteiger partial charge in [0.2, 0.25) is 0 Å². The first-order valence-corrected chi connectivity index (χ1v) is 10.1. The van der Waals surface area contributed by atoms with Crippen molar-refractivity contribution in [2.45, 2.75) is 0 Å². The van der Waals surface area contributed by atoms with Gasteiger partial charge >= 0.3 is 0 Å². The topological polar surface area (TPSA) is 24.1 Å². The summed E-state index contributed by atoms with van der Waals surface area (Å²) < 4.78 is 0. The van der Waals surface area contributed by atoms with Crippen LogP contribution in [0.1, 0.15) is 0 Å². The van der Waals surface area contributed by atoms with Crippen molar-refractivity contribution in [2.24, 2.45) is 0 Å². The van der Waals surface area contributed by atoms with Crippen LogP contribution >= 0.6 is 0 Å². The Labute approximate surface area is 176 Å². The Kier molecular flexibility index (Phi) is 4.89. The number of hydrogen-bond donors (Lipinski definition) is 2. The van der Waals surface area contributed by atoms with Gasteiger partial charge in [0.15, 0.2) is 0 Å². The highest BCUT2D eigenvalue weighted by atomic mass is 14.9. The minimum Gasteiger partial charge on any atom is -0.356 e. The largest absolute Gasteiger partial charge is 0.356 e. The van der Waals surface area contributed by atoms with Gasteiger partial charge < -0.3 is 10.6 Å². The lowest BCUT2D eigenvalue weighted by Gasteiger charge is -2.10. The van der Waals surface area contributed by atoms with E-state index in [0.29, 0.717) is 0 Å². The van der Waals surface area contributed by atoms with Gasteiger partial charge in [0.1, 0.15) is 0 Å². The summed E-state index contributed by atoms with van der Waals surface area (Å²) in [6.07, 6.45) is 0. The standard InChI is InChI=1S/C28H22N2/c1-2-8-25(9-3-1)29-26-15-10-22(11-16-26)23-12-17-27(18-13-23)30-28-19-14-21-6-4-5-7-24(21)20-28/h1-20,29-30H. The summed E-state index contributed by atoms with van der Waals surface area (Å²) in [5.74, 6) is 0. The van der Waals surface area contributed by atoms with E-state index < -0.39 is 0 Å². The van der Waals surface area contributed by atoms with Crippen molar-refractivity contribution < 1.29 is 0 Å². The second-order valence-corrected chi connectivity index (χ2v) is 7.33. The molecule has 5 aromatic carbocycles. The lowest BCUT2D eigenvalue weighted by molar-refractivity contribution is 1.53. The molecule has 5 rings (SSSR count). The summed E-state index contributed by atoms with van der Waals surface area (Å²) in [5.41, 5.74) is 6.75. The van der Waals surface area contributed by atoms with Crippen molar-refractivity contribution in [3.8, 4) is 11.1 Å². The maximum absolute atomic E-state index is 3.50. The number of hydrogen-bond acceptors (Lipinski definition) is 2. The normalized spacial score (nSPS) is 10.7. The molecule has 0 fully saturated rings. The maximum atomic E-state index is 3.50. The molecule has 2 N–H and O–H groups in total. The van der Waals surface area contributed by atoms with Crippen LogP contribution in [0.15, 0.2) is 121 Å². The molecule has 2 nitrogen and oxygen atoms in total. The highest BCUT2D eigenvalue weighted by Gasteiger charge is 2.01. The van der Waals surface area contributed by atoms with Gasteiger partial charge in [-0.3, -0.25) is 0 Å². The fourth-order valence-corrected chi connectivity index (χ4v) is 3.61. The van der Waals surface area contributed by atoms with Crippen LogP contribution in [0, 0.1) is 0 Å². The quantitative estimate of drug-likeness (QED) is 0.320. The zero-order valence-corrected chi connectivity index (χ0v) is 16.5. The Balaban J connectivity index is 1.29. The van der Waals surface area contributed by atoms with Crippen LogP contribution in [0.5, 0.6) is 0 Å². The predicted octanol–water partition coefficient (Wildman–Crippen LogP) is 7.99. The van der Waals surface area contributed by atoms with E-state index in [2.05, 4.69) is 114 Å². The molecule has 0 saturated heterocycles. The van der Waals surface area contributed by atoms with Crippen LogP contribution < -0.4 is 10.6 Å². The summed E-state index contributed by atoms with van der Waals surface area (Å²) in [7, 11) is 0. The van der Waals surface area contributed by atoms with Gasteiger partial charge in [-0.1, -0.05) is 72.8 Å². The van der Waals surface area contributed by atoms with Gasteiger partial charge in [-0.2, -0.15) is 0 Å². The van der Waals surface area contributed by atoms with Crippen molar-refractivity contribution >= 4 is 33.5 Å². The lowest BCUT2D eigenvalue weighted by Crippen LogP contribution is -1.91. The Hall–Kier alpha value is -4.04. The van der Waals surface area contributed by atoms with Crippen molar-refractivity contribution in [2.75, 3.05) is 10.6 Å². The maximum Gasteiger partial charge on any atom is 0.0390 e. The smallest absolute Gasteiger partial charge is 0.0390 e. The molecule has 0 bridgehead atoms. The van der Waals surface area contributed by atoms with E-state index >= 15 is 0 Å². The molecule has 0 heterocycles. The third kappa shape index (κ3) is 4.03. The van der Waals surface area contributed by atoms with Gasteiger partial charge in [0.25, 0.3) is 0 Å². The highest BCUT2D eigenvalue weighted by molar-refractivity contribution is 5.86. The number of rotatable bonds is 5. The van der Waals surface area contributed by atoms with Crippen LogP contribution in [-0.4, -0.2) is 0 Å². The minimum absolute atomic E-state index is 1.08. The van der Waals surface area contributed by atoms with E-state index in [-0.39, 0.29) is 0 Å². The first-order chi connectivity index (χ1) is 14.8. The van der Waals surface area contributed by atoms with Crippen molar-refractivity contribution in [3.63, 3.8) is 0 Å². The Morgan fingerprint density at radius 3 is 1.43 bits per heavy atom. The van der Waals surface area contributed by atoms with Gasteiger partial charge in [-0.15, -0.1) is 0 Å².